The van der Waals surface area contributed by atoms with Gasteiger partial charge in [0, 0.05) is 18.5 Å². The number of para-hydroxylation sites is 1. The van der Waals surface area contributed by atoms with Gasteiger partial charge in [0.25, 0.3) is 5.91 Å². The lowest BCUT2D eigenvalue weighted by Gasteiger charge is -2.25. The number of nitrogens with one attached hydrogen (secondary N) is 1. The molecule has 156 valence electrons. The smallest absolute Gasteiger partial charge is 0.259 e. The van der Waals surface area contributed by atoms with Crippen LogP contribution in [0.5, 0.6) is 0 Å². The summed E-state index contributed by atoms with van der Waals surface area (Å²) in [5.41, 5.74) is 2.68. The van der Waals surface area contributed by atoms with Crippen molar-refractivity contribution in [3.05, 3.63) is 65.7 Å². The number of hydrogen-bond donors (Lipinski definition) is 1. The minimum Gasteiger partial charge on any atom is -0.356 e. The first-order chi connectivity index (χ1) is 15.2. The Bertz CT molecular complexity index is 1090. The Morgan fingerprint density at radius 1 is 1.16 bits per heavy atom. The van der Waals surface area contributed by atoms with E-state index in [1.807, 2.05) is 54.6 Å². The van der Waals surface area contributed by atoms with E-state index in [4.69, 9.17) is 5.26 Å². The number of nitrogens with zero attached hydrogens (tertiary/aromatic N) is 4. The van der Waals surface area contributed by atoms with Crippen molar-refractivity contribution in [3.8, 4) is 6.07 Å². The van der Waals surface area contributed by atoms with Crippen LogP contribution in [0.25, 0.3) is 0 Å². The molecular formula is C23H21N5O2S. The third-order valence-corrected chi connectivity index (χ3v) is 5.84. The number of benzene rings is 2. The Hall–Kier alpha value is -3.44. The van der Waals surface area contributed by atoms with Crippen molar-refractivity contribution in [2.75, 3.05) is 12.3 Å². The van der Waals surface area contributed by atoms with E-state index in [2.05, 4.69) is 21.4 Å². The molecule has 2 aliphatic heterocycles. The summed E-state index contributed by atoms with van der Waals surface area (Å²) in [6.07, 6.45) is 1.31. The first-order valence-electron chi connectivity index (χ1n) is 10.1. The van der Waals surface area contributed by atoms with Gasteiger partial charge in [0.2, 0.25) is 5.91 Å². The highest BCUT2D eigenvalue weighted by Gasteiger charge is 2.41. The molecule has 7 nitrogen and oxygen atoms in total. The fourth-order valence-electron chi connectivity index (χ4n) is 3.53. The second-order valence-corrected chi connectivity index (χ2v) is 8.07. The number of nitriles is 1. The van der Waals surface area contributed by atoms with E-state index in [-0.39, 0.29) is 24.0 Å². The number of hydrogen-bond acceptors (Lipinski definition) is 6. The van der Waals surface area contributed by atoms with Crippen molar-refractivity contribution < 1.29 is 9.59 Å². The maximum atomic E-state index is 13.0. The molecule has 0 unspecified atom stereocenters. The summed E-state index contributed by atoms with van der Waals surface area (Å²) in [5, 5.41) is 12.3. The van der Waals surface area contributed by atoms with Crippen LogP contribution in [0.3, 0.4) is 0 Å². The highest BCUT2D eigenvalue weighted by atomic mass is 32.2. The van der Waals surface area contributed by atoms with Gasteiger partial charge in [0.1, 0.15) is 11.9 Å². The maximum Gasteiger partial charge on any atom is 0.259 e. The van der Waals surface area contributed by atoms with E-state index in [1.54, 1.807) is 0 Å². The van der Waals surface area contributed by atoms with Gasteiger partial charge in [0.05, 0.1) is 17.5 Å². The standard InChI is InChI=1S/C23H21N5O2S/c24-13-15-31-23-27-18-9-5-4-8-17(18)21-26-19(22(30)28(21)23)10-11-20(29)25-14-12-16-6-2-1-3-7-16/h1-9,19H,10-12,14-15H2,(H,25,29)/t19-/m0/s1. The molecule has 0 spiro atoms. The zero-order chi connectivity index (χ0) is 21.6. The van der Waals surface area contributed by atoms with Crippen molar-refractivity contribution in [2.24, 2.45) is 9.98 Å². The van der Waals surface area contributed by atoms with Crippen molar-refractivity contribution in [1.82, 2.24) is 10.2 Å². The summed E-state index contributed by atoms with van der Waals surface area (Å²) >= 11 is 1.21. The summed E-state index contributed by atoms with van der Waals surface area (Å²) in [6, 6.07) is 18.9. The van der Waals surface area contributed by atoms with E-state index in [0.717, 1.165) is 23.2 Å². The predicted octanol–water partition coefficient (Wildman–Crippen LogP) is 3.04. The Balaban J connectivity index is 1.39. The third kappa shape index (κ3) is 4.67. The van der Waals surface area contributed by atoms with E-state index < -0.39 is 6.04 Å². The lowest BCUT2D eigenvalue weighted by Crippen LogP contribution is -2.41. The molecule has 2 amide bonds. The van der Waals surface area contributed by atoms with Gasteiger partial charge >= 0.3 is 0 Å². The molecule has 1 N–H and O–H groups in total. The number of thioether (sulfide) groups is 1. The highest BCUT2D eigenvalue weighted by molar-refractivity contribution is 8.14. The molecular weight excluding hydrogens is 410 g/mol. The Kier molecular flexibility index (Phi) is 6.43. The second-order valence-electron chi connectivity index (χ2n) is 7.12. The maximum absolute atomic E-state index is 13.0. The van der Waals surface area contributed by atoms with Crippen LogP contribution >= 0.6 is 11.8 Å². The van der Waals surface area contributed by atoms with E-state index in [1.165, 1.54) is 16.7 Å². The number of fused-ring (bicyclic) bond motifs is 3. The van der Waals surface area contributed by atoms with E-state index in [0.29, 0.717) is 24.0 Å². The summed E-state index contributed by atoms with van der Waals surface area (Å²) in [5.74, 6) is 0.435. The minimum absolute atomic E-state index is 0.0954. The van der Waals surface area contributed by atoms with Gasteiger partial charge < -0.3 is 5.32 Å². The molecule has 1 atom stereocenters. The Morgan fingerprint density at radius 2 is 1.94 bits per heavy atom. The van der Waals surface area contributed by atoms with Crippen LogP contribution in [0.4, 0.5) is 5.69 Å². The van der Waals surface area contributed by atoms with Crippen LogP contribution in [0.15, 0.2) is 64.6 Å². The molecule has 0 saturated heterocycles. The zero-order valence-corrected chi connectivity index (χ0v) is 17.6. The molecule has 2 aliphatic rings. The van der Waals surface area contributed by atoms with Crippen molar-refractivity contribution in [2.45, 2.75) is 25.3 Å². The Labute approximate surface area is 184 Å². The number of amides is 2. The molecule has 0 aromatic heterocycles. The van der Waals surface area contributed by atoms with E-state index in [9.17, 15) is 9.59 Å². The number of carbonyl (C=O) groups is 2. The number of aliphatic imine (C=N–C) groups is 2. The highest BCUT2D eigenvalue weighted by Crippen LogP contribution is 2.34. The predicted molar refractivity (Wildman–Crippen MR) is 121 cm³/mol. The van der Waals surface area contributed by atoms with Crippen LogP contribution in [0.1, 0.15) is 24.0 Å². The molecule has 4 rings (SSSR count). The molecule has 0 radical (unpaired) electrons. The van der Waals surface area contributed by atoms with Crippen LogP contribution in [-0.2, 0) is 16.0 Å². The lowest BCUT2D eigenvalue weighted by molar-refractivity contribution is -0.125. The molecule has 0 aliphatic carbocycles. The minimum atomic E-state index is -0.631. The number of carbonyl (C=O) groups excluding carboxylic acids is 2. The summed E-state index contributed by atoms with van der Waals surface area (Å²) in [4.78, 5) is 36.0. The normalized spacial score (nSPS) is 16.7. The van der Waals surface area contributed by atoms with Crippen LogP contribution in [0, 0.1) is 11.3 Å². The summed E-state index contributed by atoms with van der Waals surface area (Å²) in [7, 11) is 0. The third-order valence-electron chi connectivity index (χ3n) is 5.04. The quantitative estimate of drug-likeness (QED) is 0.728. The molecule has 8 heteroatoms. The average Bonchev–Trinajstić information content (AvgIpc) is 3.13. The van der Waals surface area contributed by atoms with Crippen LogP contribution in [-0.4, -0.2) is 46.1 Å². The van der Waals surface area contributed by atoms with Crippen LogP contribution < -0.4 is 5.32 Å². The molecule has 2 aromatic rings. The number of rotatable bonds is 7. The summed E-state index contributed by atoms with van der Waals surface area (Å²) in [6.45, 7) is 0.553. The van der Waals surface area contributed by atoms with Gasteiger partial charge in [-0.3, -0.25) is 14.6 Å². The average molecular weight is 432 g/mol. The molecule has 0 fully saturated rings. The fraction of sp³-hybridized carbons (Fsp3) is 0.261. The van der Waals surface area contributed by atoms with Crippen molar-refractivity contribution in [3.63, 3.8) is 0 Å². The van der Waals surface area contributed by atoms with Crippen molar-refractivity contribution >= 4 is 40.3 Å². The second kappa shape index (κ2) is 9.58. The van der Waals surface area contributed by atoms with Crippen LogP contribution in [0.2, 0.25) is 0 Å². The van der Waals surface area contributed by atoms with Gasteiger partial charge in [-0.2, -0.15) is 5.26 Å². The number of amidine groups is 2. The Morgan fingerprint density at radius 3 is 2.74 bits per heavy atom. The monoisotopic (exact) mass is 431 g/mol. The molecule has 0 saturated carbocycles. The topological polar surface area (TPSA) is 97.9 Å². The van der Waals surface area contributed by atoms with E-state index >= 15 is 0 Å². The van der Waals surface area contributed by atoms with Gasteiger partial charge in [-0.1, -0.05) is 54.2 Å². The van der Waals surface area contributed by atoms with Gasteiger partial charge in [-0.15, -0.1) is 0 Å². The van der Waals surface area contributed by atoms with Gasteiger partial charge in [-0.05, 0) is 30.5 Å². The molecule has 0 bridgehead atoms. The first-order valence-corrected chi connectivity index (χ1v) is 11.1. The molecule has 2 heterocycles. The van der Waals surface area contributed by atoms with Gasteiger partial charge in [-0.25, -0.2) is 9.89 Å². The molecule has 2 aromatic carbocycles. The fourth-order valence-corrected chi connectivity index (χ4v) is 4.19. The van der Waals surface area contributed by atoms with Gasteiger partial charge in [0.15, 0.2) is 5.17 Å². The zero-order valence-electron chi connectivity index (χ0n) is 16.8. The first kappa shape index (κ1) is 20.8. The summed E-state index contributed by atoms with van der Waals surface area (Å²) < 4.78 is 0. The SMILES string of the molecule is N#CCSC1=Nc2ccccc2C2=N[C@@H](CCC(=O)NCCc3ccccc3)C(=O)N12. The largest absolute Gasteiger partial charge is 0.356 e. The van der Waals surface area contributed by atoms with Crippen molar-refractivity contribution in [1.29, 1.82) is 5.26 Å². The molecule has 31 heavy (non-hydrogen) atoms. The lowest BCUT2D eigenvalue weighted by atomic mass is 10.1.